The number of carboxylic acid groups (broad SMARTS) is 1. The summed E-state index contributed by atoms with van der Waals surface area (Å²) in [7, 11) is 0. The average Bonchev–Trinajstić information content (AvgIpc) is 3.09. The number of nitrogens with zero attached hydrogens (tertiary/aromatic N) is 2. The fraction of sp³-hybridized carbons (Fsp3) is 0.304. The van der Waals surface area contributed by atoms with Gasteiger partial charge in [-0.2, -0.15) is 5.10 Å². The maximum Gasteiger partial charge on any atom is 0.309 e. The van der Waals surface area contributed by atoms with E-state index < -0.39 is 11.4 Å². The highest BCUT2D eigenvalue weighted by Crippen LogP contribution is 2.23. The lowest BCUT2D eigenvalue weighted by molar-refractivity contribution is -0.147. The second kappa shape index (κ2) is 8.85. The molecule has 0 radical (unpaired) electrons. The molecule has 28 heavy (non-hydrogen) atoms. The van der Waals surface area contributed by atoms with E-state index in [1.807, 2.05) is 41.1 Å². The number of hydrogen-bond acceptors (Lipinski definition) is 3. The van der Waals surface area contributed by atoms with Crippen LogP contribution in [0.3, 0.4) is 0 Å². The highest BCUT2D eigenvalue weighted by molar-refractivity contribution is 5.73. The maximum atomic E-state index is 11.3. The van der Waals surface area contributed by atoms with Gasteiger partial charge in [-0.15, -0.1) is 0 Å². The molecule has 0 aliphatic heterocycles. The van der Waals surface area contributed by atoms with Crippen molar-refractivity contribution in [2.24, 2.45) is 5.41 Å². The first-order valence-electron chi connectivity index (χ1n) is 9.55. The highest BCUT2D eigenvalue weighted by atomic mass is 16.4. The van der Waals surface area contributed by atoms with E-state index in [-0.39, 0.29) is 0 Å². The Morgan fingerprint density at radius 1 is 1.07 bits per heavy atom. The van der Waals surface area contributed by atoms with Crippen molar-refractivity contribution in [3.63, 3.8) is 0 Å². The number of nitrogens with one attached hydrogen (secondary N) is 1. The topological polar surface area (TPSA) is 67.2 Å². The molecule has 0 spiro atoms. The maximum absolute atomic E-state index is 11.3. The van der Waals surface area contributed by atoms with Crippen molar-refractivity contribution in [1.29, 1.82) is 0 Å². The van der Waals surface area contributed by atoms with Crippen LogP contribution >= 0.6 is 0 Å². The third-order valence-electron chi connectivity index (χ3n) is 4.89. The fourth-order valence-electron chi connectivity index (χ4n) is 3.01. The molecule has 5 heteroatoms. The molecule has 0 atom stereocenters. The van der Waals surface area contributed by atoms with Gasteiger partial charge in [0.1, 0.15) is 0 Å². The summed E-state index contributed by atoms with van der Waals surface area (Å²) in [6.07, 6.45) is 2.64. The van der Waals surface area contributed by atoms with Gasteiger partial charge in [0, 0.05) is 23.9 Å². The van der Waals surface area contributed by atoms with Crippen molar-refractivity contribution in [2.75, 3.05) is 6.54 Å². The highest BCUT2D eigenvalue weighted by Gasteiger charge is 2.26. The summed E-state index contributed by atoms with van der Waals surface area (Å²) in [5.74, 6) is -0.769. The first-order valence-corrected chi connectivity index (χ1v) is 9.55. The molecule has 2 N–H and O–H groups in total. The molecule has 1 aromatic heterocycles. The largest absolute Gasteiger partial charge is 0.481 e. The Hall–Kier alpha value is -2.92. The van der Waals surface area contributed by atoms with Gasteiger partial charge in [0.25, 0.3) is 0 Å². The zero-order valence-corrected chi connectivity index (χ0v) is 16.4. The van der Waals surface area contributed by atoms with E-state index >= 15 is 0 Å². The SMILES string of the molecule is CC(C)(CCNCc1cn(Cc2ccccc2)nc1-c1ccccc1)C(=O)O. The summed E-state index contributed by atoms with van der Waals surface area (Å²) in [5, 5.41) is 17.5. The molecular formula is C23H27N3O2. The van der Waals surface area contributed by atoms with Gasteiger partial charge in [-0.3, -0.25) is 9.48 Å². The van der Waals surface area contributed by atoms with Crippen LogP contribution in [0.15, 0.2) is 66.9 Å². The van der Waals surface area contributed by atoms with Crippen molar-refractivity contribution in [3.8, 4) is 11.3 Å². The number of rotatable bonds is 9. The molecule has 0 aliphatic rings. The fourth-order valence-corrected chi connectivity index (χ4v) is 3.01. The van der Waals surface area contributed by atoms with Crippen molar-refractivity contribution in [3.05, 3.63) is 78.0 Å². The molecule has 0 saturated heterocycles. The van der Waals surface area contributed by atoms with E-state index in [2.05, 4.69) is 35.8 Å². The Morgan fingerprint density at radius 3 is 2.36 bits per heavy atom. The molecule has 0 fully saturated rings. The van der Waals surface area contributed by atoms with E-state index in [0.29, 0.717) is 26.1 Å². The summed E-state index contributed by atoms with van der Waals surface area (Å²) in [6.45, 7) is 5.51. The molecule has 3 aromatic rings. The monoisotopic (exact) mass is 377 g/mol. The normalized spacial score (nSPS) is 11.5. The Bertz CT molecular complexity index is 902. The van der Waals surface area contributed by atoms with Crippen LogP contribution in [0.2, 0.25) is 0 Å². The summed E-state index contributed by atoms with van der Waals surface area (Å²) in [5.41, 5.74) is 3.62. The molecule has 146 valence electrons. The van der Waals surface area contributed by atoms with E-state index in [1.54, 1.807) is 13.8 Å². The van der Waals surface area contributed by atoms with Crippen LogP contribution < -0.4 is 5.32 Å². The van der Waals surface area contributed by atoms with Crippen molar-refractivity contribution in [1.82, 2.24) is 15.1 Å². The minimum atomic E-state index is -0.769. The van der Waals surface area contributed by atoms with Gasteiger partial charge >= 0.3 is 5.97 Å². The lowest BCUT2D eigenvalue weighted by Crippen LogP contribution is -2.28. The Morgan fingerprint density at radius 2 is 1.71 bits per heavy atom. The number of hydrogen-bond donors (Lipinski definition) is 2. The molecule has 0 saturated carbocycles. The van der Waals surface area contributed by atoms with E-state index in [4.69, 9.17) is 5.10 Å². The molecule has 1 heterocycles. The van der Waals surface area contributed by atoms with Gasteiger partial charge in [-0.1, -0.05) is 60.7 Å². The van der Waals surface area contributed by atoms with Gasteiger partial charge in [-0.25, -0.2) is 0 Å². The van der Waals surface area contributed by atoms with E-state index in [9.17, 15) is 9.90 Å². The predicted molar refractivity (Wildman–Crippen MR) is 111 cm³/mol. The molecule has 5 nitrogen and oxygen atoms in total. The first kappa shape index (κ1) is 19.8. The molecule has 0 bridgehead atoms. The lowest BCUT2D eigenvalue weighted by atomic mass is 9.90. The van der Waals surface area contributed by atoms with Crippen LogP contribution in [0.4, 0.5) is 0 Å². The van der Waals surface area contributed by atoms with Crippen LogP contribution in [0, 0.1) is 5.41 Å². The third-order valence-corrected chi connectivity index (χ3v) is 4.89. The number of aromatic nitrogens is 2. The summed E-state index contributed by atoms with van der Waals surface area (Å²) < 4.78 is 1.97. The molecule has 0 amide bonds. The number of benzene rings is 2. The molecule has 0 aliphatic carbocycles. The zero-order chi connectivity index (χ0) is 20.0. The van der Waals surface area contributed by atoms with E-state index in [0.717, 1.165) is 16.8 Å². The molecule has 3 rings (SSSR count). The van der Waals surface area contributed by atoms with Crippen LogP contribution in [0.1, 0.15) is 31.4 Å². The second-order valence-electron chi connectivity index (χ2n) is 7.67. The van der Waals surface area contributed by atoms with Crippen LogP contribution in [0.5, 0.6) is 0 Å². The lowest BCUT2D eigenvalue weighted by Gasteiger charge is -2.18. The summed E-state index contributed by atoms with van der Waals surface area (Å²) >= 11 is 0. The Labute approximate surface area is 166 Å². The van der Waals surface area contributed by atoms with Gasteiger partial charge in [-0.05, 0) is 32.4 Å². The quantitative estimate of drug-likeness (QED) is 0.549. The molecular weight excluding hydrogens is 350 g/mol. The van der Waals surface area contributed by atoms with Crippen molar-refractivity contribution in [2.45, 2.75) is 33.4 Å². The number of carbonyl (C=O) groups is 1. The van der Waals surface area contributed by atoms with Crippen LogP contribution in [-0.4, -0.2) is 27.4 Å². The van der Waals surface area contributed by atoms with Gasteiger partial charge in [0.15, 0.2) is 0 Å². The molecule has 2 aromatic carbocycles. The van der Waals surface area contributed by atoms with Crippen molar-refractivity contribution < 1.29 is 9.90 Å². The van der Waals surface area contributed by atoms with Gasteiger partial charge < -0.3 is 10.4 Å². The molecule has 0 unspecified atom stereocenters. The Balaban J connectivity index is 1.74. The minimum absolute atomic E-state index is 0.571. The van der Waals surface area contributed by atoms with Crippen LogP contribution in [0.25, 0.3) is 11.3 Å². The van der Waals surface area contributed by atoms with Gasteiger partial charge in [0.05, 0.1) is 17.7 Å². The van der Waals surface area contributed by atoms with Gasteiger partial charge in [0.2, 0.25) is 0 Å². The predicted octanol–water partition coefficient (Wildman–Crippen LogP) is 4.19. The number of carboxylic acids is 1. The van der Waals surface area contributed by atoms with Crippen LogP contribution in [-0.2, 0) is 17.9 Å². The summed E-state index contributed by atoms with van der Waals surface area (Å²) in [6, 6.07) is 20.4. The Kier molecular flexibility index (Phi) is 6.26. The van der Waals surface area contributed by atoms with E-state index in [1.165, 1.54) is 5.56 Å². The standard InChI is InChI=1S/C23H27N3O2/c1-23(2,22(27)28)13-14-24-15-20-17-26(16-18-9-5-3-6-10-18)25-21(20)19-11-7-4-8-12-19/h3-12,17,24H,13-16H2,1-2H3,(H,27,28). The first-order chi connectivity index (χ1) is 13.5. The average molecular weight is 377 g/mol. The number of aliphatic carboxylic acids is 1. The van der Waals surface area contributed by atoms with Crippen molar-refractivity contribution >= 4 is 5.97 Å². The zero-order valence-electron chi connectivity index (χ0n) is 16.4. The minimum Gasteiger partial charge on any atom is -0.481 e. The second-order valence-corrected chi connectivity index (χ2v) is 7.67. The third kappa shape index (κ3) is 5.08. The summed E-state index contributed by atoms with van der Waals surface area (Å²) in [4.78, 5) is 11.3. The smallest absolute Gasteiger partial charge is 0.309 e.